The van der Waals surface area contributed by atoms with Gasteiger partial charge in [-0.15, -0.1) is 0 Å². The number of aryl methyl sites for hydroxylation is 1. The molecule has 2 aromatic rings. The van der Waals surface area contributed by atoms with Crippen LogP contribution in [-0.2, 0) is 6.54 Å². The summed E-state index contributed by atoms with van der Waals surface area (Å²) in [5.41, 5.74) is 1.27. The lowest BCUT2D eigenvalue weighted by atomic mass is 10.1. The molecule has 7 heteroatoms. The Bertz CT molecular complexity index is 748. The highest BCUT2D eigenvalue weighted by atomic mass is 35.5. The van der Waals surface area contributed by atoms with Crippen molar-refractivity contribution in [1.29, 1.82) is 0 Å². The lowest BCUT2D eigenvalue weighted by Crippen LogP contribution is -2.23. The topological polar surface area (TPSA) is 72.2 Å². The highest BCUT2D eigenvalue weighted by Crippen LogP contribution is 2.23. The van der Waals surface area contributed by atoms with Gasteiger partial charge in [0.1, 0.15) is 5.56 Å². The summed E-state index contributed by atoms with van der Waals surface area (Å²) in [5.74, 6) is -0.516. The second-order valence-corrected chi connectivity index (χ2v) is 5.52. The summed E-state index contributed by atoms with van der Waals surface area (Å²) in [4.78, 5) is 22.6. The molecule has 1 N–H and O–H groups in total. The number of nitrogens with one attached hydrogen (secondary N) is 1. The minimum atomic E-state index is -0.568. The predicted octanol–water partition coefficient (Wildman–Crippen LogP) is 4.14. The second-order valence-electron chi connectivity index (χ2n) is 4.71. The number of nitro groups is 1. The molecule has 2 aromatic carbocycles. The van der Waals surface area contributed by atoms with E-state index >= 15 is 0 Å². The van der Waals surface area contributed by atoms with Gasteiger partial charge in [0.25, 0.3) is 11.6 Å². The lowest BCUT2D eigenvalue weighted by Gasteiger charge is -2.07. The molecule has 5 nitrogen and oxygen atoms in total. The predicted molar refractivity (Wildman–Crippen MR) is 85.5 cm³/mol. The van der Waals surface area contributed by atoms with Crippen LogP contribution in [-0.4, -0.2) is 10.8 Å². The molecule has 0 saturated carbocycles. The van der Waals surface area contributed by atoms with Crippen molar-refractivity contribution in [2.24, 2.45) is 0 Å². The highest BCUT2D eigenvalue weighted by molar-refractivity contribution is 6.42. The van der Waals surface area contributed by atoms with E-state index in [1.54, 1.807) is 31.2 Å². The van der Waals surface area contributed by atoms with Gasteiger partial charge in [0.15, 0.2) is 0 Å². The Morgan fingerprint density at radius 1 is 1.18 bits per heavy atom. The third kappa shape index (κ3) is 3.75. The number of rotatable bonds is 4. The molecule has 1 amide bonds. The molecule has 0 atom stereocenters. The SMILES string of the molecule is Cc1ccc(C(=O)NCc2ccc(Cl)c(Cl)c2)c([N+](=O)[O-])c1. The van der Waals surface area contributed by atoms with Crippen molar-refractivity contribution in [2.45, 2.75) is 13.5 Å². The summed E-state index contributed by atoms with van der Waals surface area (Å²) in [6.45, 7) is 1.92. The molecule has 0 heterocycles. The van der Waals surface area contributed by atoms with Crippen LogP contribution in [0.2, 0.25) is 10.0 Å². The first kappa shape index (κ1) is 16.3. The Hall–Kier alpha value is -2.11. The fourth-order valence-corrected chi connectivity index (χ4v) is 2.23. The smallest absolute Gasteiger partial charge is 0.282 e. The molecule has 0 spiro atoms. The second kappa shape index (κ2) is 6.77. The van der Waals surface area contributed by atoms with Gasteiger partial charge in [-0.05, 0) is 36.2 Å². The summed E-state index contributed by atoms with van der Waals surface area (Å²) in [5, 5.41) is 14.5. The molecule has 22 heavy (non-hydrogen) atoms. The van der Waals surface area contributed by atoms with Gasteiger partial charge in [-0.25, -0.2) is 0 Å². The van der Waals surface area contributed by atoms with Crippen LogP contribution in [0.15, 0.2) is 36.4 Å². The number of carbonyl (C=O) groups excluding carboxylic acids is 1. The van der Waals surface area contributed by atoms with Gasteiger partial charge in [-0.2, -0.15) is 0 Å². The number of carbonyl (C=O) groups is 1. The third-order valence-electron chi connectivity index (χ3n) is 3.03. The van der Waals surface area contributed by atoms with Gasteiger partial charge in [-0.3, -0.25) is 14.9 Å². The lowest BCUT2D eigenvalue weighted by molar-refractivity contribution is -0.385. The Labute approximate surface area is 137 Å². The van der Waals surface area contributed by atoms with Crippen LogP contribution in [0, 0.1) is 17.0 Å². The minimum absolute atomic E-state index is 0.0238. The standard InChI is InChI=1S/C15H12Cl2N2O3/c1-9-2-4-11(14(6-9)19(21)22)15(20)18-8-10-3-5-12(16)13(17)7-10/h2-7H,8H2,1H3,(H,18,20). The number of hydrogen-bond acceptors (Lipinski definition) is 3. The number of hydrogen-bond donors (Lipinski definition) is 1. The number of halogens is 2. The number of nitro benzene ring substituents is 1. The van der Waals surface area contributed by atoms with Gasteiger partial charge >= 0.3 is 0 Å². The van der Waals surface area contributed by atoms with E-state index in [0.717, 1.165) is 5.56 Å². The van der Waals surface area contributed by atoms with E-state index in [1.807, 2.05) is 0 Å². The molecule has 0 aliphatic rings. The van der Waals surface area contributed by atoms with Crippen LogP contribution in [0.25, 0.3) is 0 Å². The van der Waals surface area contributed by atoms with Gasteiger partial charge in [0.05, 0.1) is 15.0 Å². The molecule has 0 saturated heterocycles. The zero-order valence-electron chi connectivity index (χ0n) is 11.6. The normalized spacial score (nSPS) is 10.3. The van der Waals surface area contributed by atoms with Crippen molar-refractivity contribution < 1.29 is 9.72 Å². The Kier molecular flexibility index (Phi) is 5.00. The largest absolute Gasteiger partial charge is 0.348 e. The van der Waals surface area contributed by atoms with Crippen molar-refractivity contribution in [3.8, 4) is 0 Å². The van der Waals surface area contributed by atoms with Gasteiger partial charge in [0, 0.05) is 12.6 Å². The Morgan fingerprint density at radius 2 is 1.91 bits per heavy atom. The molecule has 2 rings (SSSR count). The first-order valence-corrected chi connectivity index (χ1v) is 7.11. The van der Waals surface area contributed by atoms with Crippen LogP contribution >= 0.6 is 23.2 Å². The quantitative estimate of drug-likeness (QED) is 0.672. The molecule has 0 aliphatic heterocycles. The van der Waals surface area contributed by atoms with E-state index in [1.165, 1.54) is 12.1 Å². The van der Waals surface area contributed by atoms with Crippen LogP contribution < -0.4 is 5.32 Å². The number of nitrogens with zero attached hydrogens (tertiary/aromatic N) is 1. The first-order chi connectivity index (χ1) is 10.4. The molecular weight excluding hydrogens is 327 g/mol. The zero-order chi connectivity index (χ0) is 16.3. The Morgan fingerprint density at radius 3 is 2.55 bits per heavy atom. The van der Waals surface area contributed by atoms with Crippen LogP contribution in [0.1, 0.15) is 21.5 Å². The van der Waals surface area contributed by atoms with Crippen molar-refractivity contribution >= 4 is 34.8 Å². The summed E-state index contributed by atoms with van der Waals surface area (Å²) in [6.07, 6.45) is 0. The average Bonchev–Trinajstić information content (AvgIpc) is 2.48. The van der Waals surface area contributed by atoms with E-state index in [9.17, 15) is 14.9 Å². The van der Waals surface area contributed by atoms with Crippen LogP contribution in [0.5, 0.6) is 0 Å². The summed E-state index contributed by atoms with van der Waals surface area (Å²) in [6, 6.07) is 9.44. The van der Waals surface area contributed by atoms with Crippen molar-refractivity contribution in [3.05, 3.63) is 73.2 Å². The number of benzene rings is 2. The molecule has 114 valence electrons. The summed E-state index contributed by atoms with van der Waals surface area (Å²) in [7, 11) is 0. The van der Waals surface area contributed by atoms with E-state index in [0.29, 0.717) is 15.6 Å². The van der Waals surface area contributed by atoms with Gasteiger partial charge < -0.3 is 5.32 Å². The van der Waals surface area contributed by atoms with Crippen molar-refractivity contribution in [1.82, 2.24) is 5.32 Å². The molecule has 0 radical (unpaired) electrons. The molecule has 0 unspecified atom stereocenters. The highest BCUT2D eigenvalue weighted by Gasteiger charge is 2.19. The number of amides is 1. The Balaban J connectivity index is 2.16. The van der Waals surface area contributed by atoms with E-state index in [2.05, 4.69) is 5.32 Å². The molecule has 0 bridgehead atoms. The van der Waals surface area contributed by atoms with Crippen molar-refractivity contribution in [2.75, 3.05) is 0 Å². The zero-order valence-corrected chi connectivity index (χ0v) is 13.1. The van der Waals surface area contributed by atoms with E-state index in [-0.39, 0.29) is 17.8 Å². The van der Waals surface area contributed by atoms with Gasteiger partial charge in [0.2, 0.25) is 0 Å². The molecular formula is C15H12Cl2N2O3. The fourth-order valence-electron chi connectivity index (χ4n) is 1.91. The molecule has 0 aliphatic carbocycles. The maximum atomic E-state index is 12.1. The maximum absolute atomic E-state index is 12.1. The van der Waals surface area contributed by atoms with Crippen LogP contribution in [0.3, 0.4) is 0 Å². The summed E-state index contributed by atoms with van der Waals surface area (Å²) >= 11 is 11.7. The minimum Gasteiger partial charge on any atom is -0.348 e. The maximum Gasteiger partial charge on any atom is 0.282 e. The van der Waals surface area contributed by atoms with Crippen molar-refractivity contribution in [3.63, 3.8) is 0 Å². The fraction of sp³-hybridized carbons (Fsp3) is 0.133. The van der Waals surface area contributed by atoms with Gasteiger partial charge in [-0.1, -0.05) is 35.3 Å². The van der Waals surface area contributed by atoms with E-state index in [4.69, 9.17) is 23.2 Å². The summed E-state index contributed by atoms with van der Waals surface area (Å²) < 4.78 is 0. The molecule has 0 fully saturated rings. The first-order valence-electron chi connectivity index (χ1n) is 6.35. The molecule has 0 aromatic heterocycles. The van der Waals surface area contributed by atoms with Crippen LogP contribution in [0.4, 0.5) is 5.69 Å². The van der Waals surface area contributed by atoms with E-state index < -0.39 is 10.8 Å². The monoisotopic (exact) mass is 338 g/mol. The average molecular weight is 339 g/mol. The third-order valence-corrected chi connectivity index (χ3v) is 3.77.